The van der Waals surface area contributed by atoms with Crippen LogP contribution < -0.4 is 10.6 Å². The summed E-state index contributed by atoms with van der Waals surface area (Å²) in [6.07, 6.45) is 2.58. The lowest BCUT2D eigenvalue weighted by Crippen LogP contribution is -2.35. The minimum Gasteiger partial charge on any atom is -0.463 e. The van der Waals surface area contributed by atoms with Gasteiger partial charge in [0.15, 0.2) is 0 Å². The van der Waals surface area contributed by atoms with Crippen LogP contribution in [-0.2, 0) is 14.3 Å². The predicted molar refractivity (Wildman–Crippen MR) is 96.1 cm³/mol. The lowest BCUT2D eigenvalue weighted by molar-refractivity contribution is -0.148. The van der Waals surface area contributed by atoms with Gasteiger partial charge in [-0.2, -0.15) is 0 Å². The molecule has 0 aromatic heterocycles. The maximum atomic E-state index is 12.3. The molecule has 0 spiro atoms. The van der Waals surface area contributed by atoms with Crippen LogP contribution in [0.2, 0.25) is 0 Å². The summed E-state index contributed by atoms with van der Waals surface area (Å²) < 4.78 is 5.21. The first-order valence-electron chi connectivity index (χ1n) is 8.31. The number of hydrogen-bond donors (Lipinski definition) is 2. The summed E-state index contributed by atoms with van der Waals surface area (Å²) >= 11 is 0. The Hall–Kier alpha value is -1.59. The molecular formula is C18H27ClN2O3. The first-order chi connectivity index (χ1) is 11.0. The van der Waals surface area contributed by atoms with Gasteiger partial charge in [0, 0.05) is 12.5 Å². The summed E-state index contributed by atoms with van der Waals surface area (Å²) in [4.78, 5) is 24.3. The molecular weight excluding hydrogens is 328 g/mol. The molecule has 0 saturated carbocycles. The fourth-order valence-corrected chi connectivity index (χ4v) is 2.82. The standard InChI is InChI=1S/C18H26N2O3.ClH/c1-13(2)23-18(22)12-16(14-7-4-3-5-8-14)20-17(21)11-15-9-6-10-19-15;/h3-5,7-8,13,15-16,19H,6,9-12H2,1-2H3,(H,20,21);1H. The number of nitrogens with one attached hydrogen (secondary N) is 2. The van der Waals surface area contributed by atoms with E-state index in [2.05, 4.69) is 10.6 Å². The molecule has 1 saturated heterocycles. The van der Waals surface area contributed by atoms with E-state index in [9.17, 15) is 9.59 Å². The van der Waals surface area contributed by atoms with E-state index >= 15 is 0 Å². The van der Waals surface area contributed by atoms with Crippen molar-refractivity contribution in [1.82, 2.24) is 10.6 Å². The molecule has 1 fully saturated rings. The molecule has 0 aliphatic carbocycles. The second-order valence-corrected chi connectivity index (χ2v) is 6.27. The number of benzene rings is 1. The minimum atomic E-state index is -0.351. The van der Waals surface area contributed by atoms with Gasteiger partial charge in [-0.15, -0.1) is 12.4 Å². The number of amides is 1. The highest BCUT2D eigenvalue weighted by Crippen LogP contribution is 2.18. The fraction of sp³-hybridized carbons (Fsp3) is 0.556. The van der Waals surface area contributed by atoms with Crippen molar-refractivity contribution in [3.8, 4) is 0 Å². The molecule has 0 radical (unpaired) electrons. The van der Waals surface area contributed by atoms with Crippen molar-refractivity contribution in [1.29, 1.82) is 0 Å². The third kappa shape index (κ3) is 6.89. The lowest BCUT2D eigenvalue weighted by Gasteiger charge is -2.20. The Kier molecular flexibility index (Phi) is 8.79. The Bertz CT molecular complexity index is 516. The van der Waals surface area contributed by atoms with Gasteiger partial charge in [0.05, 0.1) is 18.6 Å². The maximum absolute atomic E-state index is 12.3. The lowest BCUT2D eigenvalue weighted by atomic mass is 10.0. The molecule has 24 heavy (non-hydrogen) atoms. The van der Waals surface area contributed by atoms with E-state index in [4.69, 9.17) is 4.74 Å². The zero-order valence-corrected chi connectivity index (χ0v) is 15.1. The number of rotatable bonds is 7. The summed E-state index contributed by atoms with van der Waals surface area (Å²) in [6, 6.07) is 9.45. The van der Waals surface area contributed by atoms with Crippen LogP contribution in [0.15, 0.2) is 30.3 Å². The molecule has 0 bridgehead atoms. The average molecular weight is 355 g/mol. The average Bonchev–Trinajstić information content (AvgIpc) is 2.99. The Morgan fingerprint density at radius 3 is 2.58 bits per heavy atom. The van der Waals surface area contributed by atoms with Crippen molar-refractivity contribution in [2.75, 3.05) is 6.54 Å². The predicted octanol–water partition coefficient (Wildman–Crippen LogP) is 2.75. The van der Waals surface area contributed by atoms with Crippen molar-refractivity contribution in [3.05, 3.63) is 35.9 Å². The van der Waals surface area contributed by atoms with Crippen molar-refractivity contribution in [2.45, 2.75) is 57.7 Å². The Morgan fingerprint density at radius 2 is 2.00 bits per heavy atom. The molecule has 134 valence electrons. The molecule has 1 aliphatic heterocycles. The number of ether oxygens (including phenoxy) is 1. The van der Waals surface area contributed by atoms with Gasteiger partial charge in [-0.3, -0.25) is 9.59 Å². The van der Waals surface area contributed by atoms with Gasteiger partial charge in [-0.25, -0.2) is 0 Å². The fourth-order valence-electron chi connectivity index (χ4n) is 2.82. The summed E-state index contributed by atoms with van der Waals surface area (Å²) in [5.74, 6) is -0.330. The van der Waals surface area contributed by atoms with Crippen molar-refractivity contribution < 1.29 is 14.3 Å². The van der Waals surface area contributed by atoms with E-state index in [0.717, 1.165) is 24.9 Å². The normalized spacial score (nSPS) is 17.9. The van der Waals surface area contributed by atoms with Gasteiger partial charge in [0.1, 0.15) is 0 Å². The van der Waals surface area contributed by atoms with Crippen LogP contribution >= 0.6 is 12.4 Å². The Labute approximate surface area is 149 Å². The molecule has 1 amide bonds. The molecule has 6 heteroatoms. The molecule has 2 atom stereocenters. The zero-order chi connectivity index (χ0) is 16.7. The zero-order valence-electron chi connectivity index (χ0n) is 14.3. The maximum Gasteiger partial charge on any atom is 0.308 e. The van der Waals surface area contributed by atoms with Crippen LogP contribution in [0, 0.1) is 0 Å². The van der Waals surface area contributed by atoms with E-state index in [-0.39, 0.29) is 48.9 Å². The third-order valence-corrected chi connectivity index (χ3v) is 3.87. The monoisotopic (exact) mass is 354 g/mol. The highest BCUT2D eigenvalue weighted by atomic mass is 35.5. The first-order valence-corrected chi connectivity index (χ1v) is 8.31. The summed E-state index contributed by atoms with van der Waals surface area (Å²) in [7, 11) is 0. The highest BCUT2D eigenvalue weighted by molar-refractivity contribution is 5.85. The van der Waals surface area contributed by atoms with E-state index < -0.39 is 0 Å². The van der Waals surface area contributed by atoms with Gasteiger partial charge >= 0.3 is 5.97 Å². The van der Waals surface area contributed by atoms with Gasteiger partial charge < -0.3 is 15.4 Å². The molecule has 2 rings (SSSR count). The Morgan fingerprint density at radius 1 is 1.29 bits per heavy atom. The van der Waals surface area contributed by atoms with Gasteiger partial charge in [-0.05, 0) is 38.8 Å². The summed E-state index contributed by atoms with van der Waals surface area (Å²) in [6.45, 7) is 4.61. The van der Waals surface area contributed by atoms with Gasteiger partial charge in [0.2, 0.25) is 5.91 Å². The Balaban J connectivity index is 0.00000288. The van der Waals surface area contributed by atoms with E-state index in [1.165, 1.54) is 0 Å². The van der Waals surface area contributed by atoms with Crippen LogP contribution in [0.1, 0.15) is 51.1 Å². The van der Waals surface area contributed by atoms with E-state index in [0.29, 0.717) is 6.42 Å². The SMILES string of the molecule is CC(C)OC(=O)CC(NC(=O)CC1CCCN1)c1ccccc1.Cl. The van der Waals surface area contributed by atoms with Crippen molar-refractivity contribution >= 4 is 24.3 Å². The summed E-state index contributed by atoms with van der Waals surface area (Å²) in [5, 5.41) is 6.30. The van der Waals surface area contributed by atoms with Crippen LogP contribution in [0.3, 0.4) is 0 Å². The molecule has 1 aromatic rings. The topological polar surface area (TPSA) is 67.4 Å². The number of carbonyl (C=O) groups is 2. The first kappa shape index (κ1) is 20.5. The summed E-state index contributed by atoms with van der Waals surface area (Å²) in [5.41, 5.74) is 0.918. The molecule has 2 N–H and O–H groups in total. The minimum absolute atomic E-state index is 0. The quantitative estimate of drug-likeness (QED) is 0.739. The second kappa shape index (κ2) is 10.3. The van der Waals surface area contributed by atoms with Gasteiger partial charge in [0.25, 0.3) is 0 Å². The van der Waals surface area contributed by atoms with E-state index in [1.807, 2.05) is 44.2 Å². The van der Waals surface area contributed by atoms with Crippen LogP contribution in [-0.4, -0.2) is 30.6 Å². The van der Waals surface area contributed by atoms with Crippen molar-refractivity contribution in [3.63, 3.8) is 0 Å². The van der Waals surface area contributed by atoms with Crippen molar-refractivity contribution in [2.24, 2.45) is 0 Å². The number of halogens is 1. The second-order valence-electron chi connectivity index (χ2n) is 6.27. The molecule has 1 heterocycles. The third-order valence-electron chi connectivity index (χ3n) is 3.87. The van der Waals surface area contributed by atoms with E-state index in [1.54, 1.807) is 0 Å². The molecule has 1 aromatic carbocycles. The highest BCUT2D eigenvalue weighted by Gasteiger charge is 2.23. The van der Waals surface area contributed by atoms with Gasteiger partial charge in [-0.1, -0.05) is 30.3 Å². The van der Waals surface area contributed by atoms with Crippen LogP contribution in [0.4, 0.5) is 0 Å². The molecule has 2 unspecified atom stereocenters. The molecule has 5 nitrogen and oxygen atoms in total. The number of esters is 1. The largest absolute Gasteiger partial charge is 0.463 e. The number of hydrogen-bond acceptors (Lipinski definition) is 4. The smallest absolute Gasteiger partial charge is 0.308 e. The van der Waals surface area contributed by atoms with Crippen LogP contribution in [0.25, 0.3) is 0 Å². The molecule has 1 aliphatic rings. The van der Waals surface area contributed by atoms with Crippen LogP contribution in [0.5, 0.6) is 0 Å². The number of carbonyl (C=O) groups excluding carboxylic acids is 2.